The number of methoxy groups -OCH3 is 6. The molecule has 0 aromatic heterocycles. The van der Waals surface area contributed by atoms with E-state index in [9.17, 15) is 5.26 Å². The van der Waals surface area contributed by atoms with Crippen LogP contribution >= 0.6 is 0 Å². The zero-order chi connectivity index (χ0) is 28.3. The molecule has 1 aliphatic carbocycles. The Hall–Kier alpha value is -4.45. The first-order valence-electron chi connectivity index (χ1n) is 12.5. The van der Waals surface area contributed by atoms with E-state index in [0.717, 1.165) is 35.1 Å². The van der Waals surface area contributed by atoms with Crippen LogP contribution < -0.4 is 34.2 Å². The molecule has 1 fully saturated rings. The Bertz CT molecular complexity index is 1350. The van der Waals surface area contributed by atoms with Crippen LogP contribution in [0.5, 0.6) is 34.5 Å². The van der Waals surface area contributed by atoms with E-state index < -0.39 is 6.10 Å². The standard InChI is InChI=1S/C30H34N2O7/c1-16-8-9-18(10-17-11-21(33-2)28(37-6)22(12-17)34-3)27-25(16)26(20(15-31)30(32)39-27)19-13-23(35-4)29(38-7)24(14-19)36-5/h10-14,16,27H,8-9,32H2,1-7H3/b18-10+/t16-,27-/m1/s1. The highest BCUT2D eigenvalue weighted by Gasteiger charge is 2.39. The zero-order valence-electron chi connectivity index (χ0n) is 23.3. The third kappa shape index (κ3) is 4.90. The van der Waals surface area contributed by atoms with Gasteiger partial charge in [0.2, 0.25) is 17.4 Å². The number of hydrogen-bond acceptors (Lipinski definition) is 9. The topological polar surface area (TPSA) is 114 Å². The Kier molecular flexibility index (Phi) is 8.15. The predicted molar refractivity (Wildman–Crippen MR) is 147 cm³/mol. The highest BCUT2D eigenvalue weighted by Crippen LogP contribution is 2.49. The highest BCUT2D eigenvalue weighted by molar-refractivity contribution is 5.89. The van der Waals surface area contributed by atoms with Crippen LogP contribution in [0.3, 0.4) is 0 Å². The van der Waals surface area contributed by atoms with E-state index in [4.69, 9.17) is 38.9 Å². The molecule has 206 valence electrons. The minimum Gasteiger partial charge on any atom is -0.493 e. The van der Waals surface area contributed by atoms with Gasteiger partial charge in [-0.05, 0) is 65.3 Å². The van der Waals surface area contributed by atoms with Crippen molar-refractivity contribution in [1.29, 1.82) is 5.26 Å². The second-order valence-corrected chi connectivity index (χ2v) is 9.21. The van der Waals surface area contributed by atoms with Gasteiger partial charge in [-0.3, -0.25) is 0 Å². The minimum absolute atomic E-state index is 0.0693. The van der Waals surface area contributed by atoms with Crippen LogP contribution in [0.25, 0.3) is 11.6 Å². The predicted octanol–water partition coefficient (Wildman–Crippen LogP) is 5.10. The van der Waals surface area contributed by atoms with E-state index in [2.05, 4.69) is 19.1 Å². The molecule has 1 saturated carbocycles. The number of benzene rings is 2. The molecule has 9 heteroatoms. The lowest BCUT2D eigenvalue weighted by molar-refractivity contribution is 0.143. The van der Waals surface area contributed by atoms with Gasteiger partial charge in [-0.1, -0.05) is 13.0 Å². The molecule has 39 heavy (non-hydrogen) atoms. The molecule has 1 aliphatic heterocycles. The molecule has 0 radical (unpaired) electrons. The summed E-state index contributed by atoms with van der Waals surface area (Å²) in [5, 5.41) is 10.1. The molecule has 2 aliphatic rings. The molecule has 0 spiro atoms. The average Bonchev–Trinajstić information content (AvgIpc) is 2.96. The van der Waals surface area contributed by atoms with Crippen LogP contribution in [0.4, 0.5) is 0 Å². The SMILES string of the molecule is COc1cc(/C=C2\CC[C@@H](C)C3=C(c4cc(OC)c(OC)c(OC)c4)C(C#N)=C(N)O[C@@H]32)cc(OC)c1OC. The number of nitriles is 1. The Morgan fingerprint density at radius 2 is 1.36 bits per heavy atom. The van der Waals surface area contributed by atoms with E-state index in [0.29, 0.717) is 40.1 Å². The number of hydrogen-bond donors (Lipinski definition) is 1. The number of nitrogens with two attached hydrogens (primary N) is 1. The van der Waals surface area contributed by atoms with E-state index in [1.54, 1.807) is 42.7 Å². The second kappa shape index (κ2) is 11.5. The zero-order valence-corrected chi connectivity index (χ0v) is 23.3. The van der Waals surface area contributed by atoms with Crippen molar-refractivity contribution in [1.82, 2.24) is 0 Å². The van der Waals surface area contributed by atoms with Crippen molar-refractivity contribution in [2.75, 3.05) is 42.7 Å². The summed E-state index contributed by atoms with van der Waals surface area (Å²) in [5.74, 6) is 3.25. The number of nitrogens with zero attached hydrogens (tertiary/aromatic N) is 1. The van der Waals surface area contributed by atoms with E-state index in [1.807, 2.05) is 24.3 Å². The summed E-state index contributed by atoms with van der Waals surface area (Å²) < 4.78 is 39.5. The summed E-state index contributed by atoms with van der Waals surface area (Å²) in [6, 6.07) is 9.70. The first kappa shape index (κ1) is 27.6. The summed E-state index contributed by atoms with van der Waals surface area (Å²) in [4.78, 5) is 0. The number of fused-ring (bicyclic) bond motifs is 1. The minimum atomic E-state index is -0.459. The summed E-state index contributed by atoms with van der Waals surface area (Å²) in [6.45, 7) is 2.14. The third-order valence-electron chi connectivity index (χ3n) is 7.15. The van der Waals surface area contributed by atoms with Crippen LogP contribution in [0.1, 0.15) is 30.9 Å². The van der Waals surface area contributed by atoms with E-state index in [-0.39, 0.29) is 17.4 Å². The maximum absolute atomic E-state index is 10.1. The fraction of sp³-hybridized carbons (Fsp3) is 0.367. The van der Waals surface area contributed by atoms with Crippen LogP contribution in [0.2, 0.25) is 0 Å². The average molecular weight is 535 g/mol. The number of ether oxygens (including phenoxy) is 7. The quantitative estimate of drug-likeness (QED) is 0.494. The maximum atomic E-state index is 10.1. The lowest BCUT2D eigenvalue weighted by Gasteiger charge is -2.38. The van der Waals surface area contributed by atoms with Crippen LogP contribution in [0.15, 0.2) is 46.9 Å². The van der Waals surface area contributed by atoms with Gasteiger partial charge in [0, 0.05) is 5.57 Å². The van der Waals surface area contributed by atoms with E-state index in [1.165, 1.54) is 0 Å². The van der Waals surface area contributed by atoms with Crippen LogP contribution in [-0.4, -0.2) is 48.8 Å². The summed E-state index contributed by atoms with van der Waals surface area (Å²) in [5.41, 5.74) is 11.0. The van der Waals surface area contributed by atoms with Crippen molar-refractivity contribution in [3.05, 3.63) is 58.0 Å². The van der Waals surface area contributed by atoms with Crippen LogP contribution in [-0.2, 0) is 4.74 Å². The third-order valence-corrected chi connectivity index (χ3v) is 7.15. The van der Waals surface area contributed by atoms with E-state index >= 15 is 0 Å². The molecule has 1 heterocycles. The van der Waals surface area contributed by atoms with Gasteiger partial charge in [-0.2, -0.15) is 5.26 Å². The second-order valence-electron chi connectivity index (χ2n) is 9.21. The molecule has 2 aromatic carbocycles. The summed E-state index contributed by atoms with van der Waals surface area (Å²) >= 11 is 0. The smallest absolute Gasteiger partial charge is 0.204 e. The molecular formula is C30H34N2O7. The largest absolute Gasteiger partial charge is 0.493 e. The molecule has 0 amide bonds. The van der Waals surface area contributed by atoms with Gasteiger partial charge in [-0.25, -0.2) is 0 Å². The lowest BCUT2D eigenvalue weighted by atomic mass is 9.73. The van der Waals surface area contributed by atoms with Gasteiger partial charge in [0.1, 0.15) is 17.7 Å². The van der Waals surface area contributed by atoms with Crippen molar-refractivity contribution < 1.29 is 33.2 Å². The molecule has 2 aromatic rings. The van der Waals surface area contributed by atoms with Crippen LogP contribution in [0, 0.1) is 17.2 Å². The number of rotatable bonds is 8. The van der Waals surface area contributed by atoms with Crippen molar-refractivity contribution in [2.24, 2.45) is 11.7 Å². The van der Waals surface area contributed by atoms with Gasteiger partial charge in [0.05, 0.1) is 42.7 Å². The molecule has 9 nitrogen and oxygen atoms in total. The first-order chi connectivity index (χ1) is 18.8. The molecule has 0 unspecified atom stereocenters. The first-order valence-corrected chi connectivity index (χ1v) is 12.5. The molecule has 4 rings (SSSR count). The number of allylic oxidation sites excluding steroid dienone is 2. The summed E-state index contributed by atoms with van der Waals surface area (Å²) in [6.07, 6.45) is 3.24. The highest BCUT2D eigenvalue weighted by atomic mass is 16.5. The van der Waals surface area contributed by atoms with Gasteiger partial charge >= 0.3 is 0 Å². The van der Waals surface area contributed by atoms with Crippen molar-refractivity contribution in [2.45, 2.75) is 25.9 Å². The van der Waals surface area contributed by atoms with Gasteiger partial charge < -0.3 is 38.9 Å². The monoisotopic (exact) mass is 534 g/mol. The van der Waals surface area contributed by atoms with Crippen molar-refractivity contribution in [3.63, 3.8) is 0 Å². The molecule has 0 bridgehead atoms. The molecular weight excluding hydrogens is 500 g/mol. The van der Waals surface area contributed by atoms with Gasteiger partial charge in [0.15, 0.2) is 23.0 Å². The van der Waals surface area contributed by atoms with Gasteiger partial charge in [0.25, 0.3) is 0 Å². The molecule has 2 atom stereocenters. The normalized spacial score (nSPS) is 19.6. The van der Waals surface area contributed by atoms with Crippen molar-refractivity contribution >= 4 is 11.6 Å². The molecule has 2 N–H and O–H groups in total. The Balaban J connectivity index is 1.93. The van der Waals surface area contributed by atoms with Gasteiger partial charge in [-0.15, -0.1) is 0 Å². The summed E-state index contributed by atoms with van der Waals surface area (Å²) in [7, 11) is 9.40. The Morgan fingerprint density at radius 3 is 1.82 bits per heavy atom. The lowest BCUT2D eigenvalue weighted by Crippen LogP contribution is -2.33. The fourth-order valence-corrected chi connectivity index (χ4v) is 5.29. The molecule has 0 saturated heterocycles. The Morgan fingerprint density at radius 1 is 0.846 bits per heavy atom. The van der Waals surface area contributed by atoms with Crippen molar-refractivity contribution in [3.8, 4) is 40.6 Å². The Labute approximate surface area is 229 Å². The maximum Gasteiger partial charge on any atom is 0.204 e. The fourth-order valence-electron chi connectivity index (χ4n) is 5.29.